The molecule has 166 valence electrons. The second-order valence-corrected chi connectivity index (χ2v) is 9.30. The van der Waals surface area contributed by atoms with Crippen molar-refractivity contribution in [3.05, 3.63) is 77.6 Å². The van der Waals surface area contributed by atoms with Gasteiger partial charge in [0.25, 0.3) is 0 Å². The molecule has 0 amide bonds. The zero-order valence-electron chi connectivity index (χ0n) is 16.4. The van der Waals surface area contributed by atoms with Crippen LogP contribution in [0.1, 0.15) is 30.0 Å². The molecular weight excluding hydrogens is 465 g/mol. The van der Waals surface area contributed by atoms with E-state index in [1.54, 1.807) is 12.4 Å². The average Bonchev–Trinajstić information content (AvgIpc) is 3.23. The molecule has 1 aliphatic heterocycles. The predicted octanol–water partition coefficient (Wildman–Crippen LogP) is 7.05. The smallest absolute Gasteiger partial charge is 0.281 e. The molecule has 0 saturated carbocycles. The Morgan fingerprint density at radius 1 is 0.906 bits per heavy atom. The lowest BCUT2D eigenvalue weighted by Gasteiger charge is -2.09. The minimum Gasteiger partial charge on any atom is -0.281 e. The van der Waals surface area contributed by atoms with Crippen LogP contribution in [0.15, 0.2) is 65.0 Å². The SMILES string of the molecule is Fc1cccc(F)c1C1=NC(c2ccc(-c3cnc(SCSC(F)(F)F)nc3)cc2)CC1. The van der Waals surface area contributed by atoms with E-state index in [2.05, 4.69) is 15.0 Å². The number of aliphatic imine (C=N–C) groups is 1. The maximum Gasteiger partial charge on any atom is 0.442 e. The lowest BCUT2D eigenvalue weighted by Crippen LogP contribution is -2.03. The Morgan fingerprint density at radius 2 is 1.56 bits per heavy atom. The van der Waals surface area contributed by atoms with E-state index in [-0.39, 0.29) is 33.6 Å². The highest BCUT2D eigenvalue weighted by molar-refractivity contribution is 8.16. The lowest BCUT2D eigenvalue weighted by molar-refractivity contribution is -0.0324. The summed E-state index contributed by atoms with van der Waals surface area (Å²) in [5, 5.41) is 0.0633. The van der Waals surface area contributed by atoms with Crippen LogP contribution in [0.5, 0.6) is 0 Å². The third-order valence-electron chi connectivity index (χ3n) is 4.89. The molecule has 2 aromatic carbocycles. The van der Waals surface area contributed by atoms with Gasteiger partial charge >= 0.3 is 5.51 Å². The number of rotatable bonds is 6. The van der Waals surface area contributed by atoms with Gasteiger partial charge in [-0.2, -0.15) is 13.2 Å². The van der Waals surface area contributed by atoms with Crippen LogP contribution in [0, 0.1) is 11.6 Å². The first-order chi connectivity index (χ1) is 15.3. The van der Waals surface area contributed by atoms with Crippen LogP contribution in [0.4, 0.5) is 22.0 Å². The highest BCUT2D eigenvalue weighted by Gasteiger charge is 2.28. The first kappa shape index (κ1) is 22.7. The summed E-state index contributed by atoms with van der Waals surface area (Å²) < 4.78 is 64.7. The van der Waals surface area contributed by atoms with Gasteiger partial charge in [0.05, 0.1) is 16.7 Å². The van der Waals surface area contributed by atoms with Gasteiger partial charge in [0.15, 0.2) is 5.16 Å². The molecule has 0 saturated heterocycles. The van der Waals surface area contributed by atoms with Crippen molar-refractivity contribution < 1.29 is 22.0 Å². The van der Waals surface area contributed by atoms with E-state index in [1.807, 2.05) is 24.3 Å². The molecule has 1 aliphatic rings. The van der Waals surface area contributed by atoms with Crippen molar-refractivity contribution in [3.8, 4) is 11.1 Å². The summed E-state index contributed by atoms with van der Waals surface area (Å²) >= 11 is 0.797. The number of hydrogen-bond donors (Lipinski definition) is 0. The Labute approximate surface area is 189 Å². The number of alkyl halides is 3. The average molecular weight is 482 g/mol. The fourth-order valence-corrected chi connectivity index (χ4v) is 4.83. The maximum atomic E-state index is 14.0. The fraction of sp³-hybridized carbons (Fsp3) is 0.227. The molecule has 10 heteroatoms. The van der Waals surface area contributed by atoms with Gasteiger partial charge in [-0.25, -0.2) is 18.7 Å². The van der Waals surface area contributed by atoms with Gasteiger partial charge in [0.2, 0.25) is 0 Å². The van der Waals surface area contributed by atoms with Crippen LogP contribution in [0.3, 0.4) is 0 Å². The summed E-state index contributed by atoms with van der Waals surface area (Å²) in [5.74, 6) is -1.23. The predicted molar refractivity (Wildman–Crippen MR) is 117 cm³/mol. The highest BCUT2D eigenvalue weighted by Crippen LogP contribution is 2.35. The molecule has 4 rings (SSSR count). The van der Waals surface area contributed by atoms with Gasteiger partial charge in [-0.05, 0) is 47.9 Å². The summed E-state index contributed by atoms with van der Waals surface area (Å²) in [7, 11) is 0. The second kappa shape index (κ2) is 9.58. The van der Waals surface area contributed by atoms with E-state index in [1.165, 1.54) is 18.2 Å². The molecule has 3 aromatic rings. The Balaban J connectivity index is 1.43. The molecule has 0 aliphatic carbocycles. The maximum absolute atomic E-state index is 14.0. The number of halogens is 5. The number of hydrogen-bond acceptors (Lipinski definition) is 5. The normalized spacial score (nSPS) is 16.3. The Kier molecular flexibility index (Phi) is 6.80. The molecule has 0 radical (unpaired) electrons. The van der Waals surface area contributed by atoms with Crippen LogP contribution >= 0.6 is 23.5 Å². The van der Waals surface area contributed by atoms with Gasteiger partial charge in [-0.15, -0.1) is 0 Å². The first-order valence-corrected chi connectivity index (χ1v) is 11.5. The topological polar surface area (TPSA) is 38.1 Å². The van der Waals surface area contributed by atoms with Gasteiger partial charge in [0.1, 0.15) is 11.6 Å². The van der Waals surface area contributed by atoms with Crippen molar-refractivity contribution in [1.82, 2.24) is 9.97 Å². The monoisotopic (exact) mass is 481 g/mol. The number of thioether (sulfide) groups is 2. The van der Waals surface area contributed by atoms with Crippen molar-refractivity contribution in [2.75, 3.05) is 5.08 Å². The van der Waals surface area contributed by atoms with E-state index in [9.17, 15) is 22.0 Å². The lowest BCUT2D eigenvalue weighted by atomic mass is 10.0. The van der Waals surface area contributed by atoms with Crippen molar-refractivity contribution in [1.29, 1.82) is 0 Å². The molecule has 32 heavy (non-hydrogen) atoms. The molecule has 0 N–H and O–H groups in total. The summed E-state index contributed by atoms with van der Waals surface area (Å²) in [4.78, 5) is 12.8. The molecule has 0 spiro atoms. The van der Waals surface area contributed by atoms with Gasteiger partial charge in [0, 0.05) is 23.7 Å². The Hall–Kier alpha value is -2.46. The Morgan fingerprint density at radius 3 is 2.19 bits per heavy atom. The minimum absolute atomic E-state index is 0.0598. The number of benzene rings is 2. The highest BCUT2D eigenvalue weighted by atomic mass is 32.2. The Bertz CT molecular complexity index is 1100. The zero-order chi connectivity index (χ0) is 22.7. The summed E-state index contributed by atoms with van der Waals surface area (Å²) in [6.45, 7) is 0. The van der Waals surface area contributed by atoms with Crippen molar-refractivity contribution in [2.24, 2.45) is 4.99 Å². The van der Waals surface area contributed by atoms with Crippen LogP contribution in [-0.4, -0.2) is 26.3 Å². The first-order valence-electron chi connectivity index (χ1n) is 9.57. The van der Waals surface area contributed by atoms with Crippen LogP contribution in [0.25, 0.3) is 11.1 Å². The zero-order valence-corrected chi connectivity index (χ0v) is 18.1. The van der Waals surface area contributed by atoms with Crippen molar-refractivity contribution in [2.45, 2.75) is 29.5 Å². The molecule has 3 nitrogen and oxygen atoms in total. The van der Waals surface area contributed by atoms with E-state index < -0.39 is 17.1 Å². The van der Waals surface area contributed by atoms with Crippen LogP contribution in [-0.2, 0) is 0 Å². The number of aromatic nitrogens is 2. The summed E-state index contributed by atoms with van der Waals surface area (Å²) in [5.41, 5.74) is -1.40. The van der Waals surface area contributed by atoms with Crippen molar-refractivity contribution >= 4 is 29.2 Å². The van der Waals surface area contributed by atoms with Crippen LogP contribution < -0.4 is 0 Å². The molecule has 0 bridgehead atoms. The molecule has 1 aromatic heterocycles. The quantitative estimate of drug-likeness (QED) is 0.164. The van der Waals surface area contributed by atoms with Crippen LogP contribution in [0.2, 0.25) is 0 Å². The van der Waals surface area contributed by atoms with E-state index in [4.69, 9.17) is 0 Å². The van der Waals surface area contributed by atoms with Crippen molar-refractivity contribution in [3.63, 3.8) is 0 Å². The third kappa shape index (κ3) is 5.47. The van der Waals surface area contributed by atoms with Gasteiger partial charge in [-0.3, -0.25) is 4.99 Å². The third-order valence-corrected chi connectivity index (χ3v) is 6.62. The largest absolute Gasteiger partial charge is 0.442 e. The summed E-state index contributed by atoms with van der Waals surface area (Å²) in [6.07, 6.45) is 4.28. The standard InChI is InChI=1S/C22H16F5N3S2/c23-16-2-1-3-17(24)20(16)19-9-8-18(30-19)14-6-4-13(5-7-14)15-10-28-21(29-11-15)31-12-32-22(25,26)27/h1-7,10-11,18H,8-9,12H2. The molecule has 2 heterocycles. The molecule has 0 fully saturated rings. The summed E-state index contributed by atoms with van der Waals surface area (Å²) in [6, 6.07) is 11.1. The molecule has 1 unspecified atom stereocenters. The molecule has 1 atom stereocenters. The number of nitrogens with zero attached hydrogens (tertiary/aromatic N) is 3. The van der Waals surface area contributed by atoms with Gasteiger partial charge < -0.3 is 0 Å². The fourth-order valence-electron chi connectivity index (χ4n) is 3.38. The minimum atomic E-state index is -4.28. The molecular formula is C22H16F5N3S2. The van der Waals surface area contributed by atoms with E-state index in [0.717, 1.165) is 28.5 Å². The van der Waals surface area contributed by atoms with E-state index in [0.29, 0.717) is 18.6 Å². The second-order valence-electron chi connectivity index (χ2n) is 6.96. The van der Waals surface area contributed by atoms with Gasteiger partial charge in [-0.1, -0.05) is 42.1 Å². The van der Waals surface area contributed by atoms with E-state index >= 15 is 0 Å².